The molecule has 1 fully saturated rings. The number of carbonyl (C=O) groups excluding carboxylic acids is 1. The van der Waals surface area contributed by atoms with Crippen LogP contribution in [0.3, 0.4) is 0 Å². The van der Waals surface area contributed by atoms with Crippen molar-refractivity contribution in [3.8, 4) is 5.75 Å². The van der Waals surface area contributed by atoms with Gasteiger partial charge in [0.1, 0.15) is 5.75 Å². The highest BCUT2D eigenvalue weighted by molar-refractivity contribution is 7.89. The zero-order valence-corrected chi connectivity index (χ0v) is 22.0. The third-order valence-corrected chi connectivity index (χ3v) is 9.12. The van der Waals surface area contributed by atoms with Gasteiger partial charge in [0, 0.05) is 32.6 Å². The number of sulfonamides is 1. The number of amides is 1. The van der Waals surface area contributed by atoms with Gasteiger partial charge in [-0.15, -0.1) is 0 Å². The first kappa shape index (κ1) is 25.2. The number of nitrogens with zero attached hydrogens (tertiary/aromatic N) is 2. The lowest BCUT2D eigenvalue weighted by atomic mass is 9.96. The molecule has 0 saturated carbocycles. The molecule has 1 aliphatic heterocycles. The van der Waals surface area contributed by atoms with Crippen LogP contribution < -0.4 is 4.74 Å². The number of carbonyl (C=O) groups is 1. The number of fused-ring (bicyclic) bond motifs is 1. The number of hydrogen-bond donors (Lipinski definition) is 0. The molecule has 0 bridgehead atoms. The Morgan fingerprint density at radius 1 is 0.971 bits per heavy atom. The third-order valence-electron chi connectivity index (χ3n) is 6.91. The molecule has 1 amide bonds. The number of aryl methyl sites for hydroxylation is 3. The van der Waals surface area contributed by atoms with Crippen LogP contribution in [0.5, 0.6) is 5.75 Å². The van der Waals surface area contributed by atoms with Gasteiger partial charge in [-0.3, -0.25) is 4.79 Å². The topological polar surface area (TPSA) is 66.9 Å². The summed E-state index contributed by atoms with van der Waals surface area (Å²) in [5, 5.41) is 2.19. The number of hydrogen-bond acceptors (Lipinski definition) is 4. The van der Waals surface area contributed by atoms with Crippen LogP contribution in [-0.4, -0.2) is 50.8 Å². The summed E-state index contributed by atoms with van der Waals surface area (Å²) in [6, 6.07) is 15.9. The van der Waals surface area contributed by atoms with Crippen LogP contribution in [0.1, 0.15) is 35.1 Å². The highest BCUT2D eigenvalue weighted by Gasteiger charge is 2.34. The van der Waals surface area contributed by atoms with Gasteiger partial charge >= 0.3 is 0 Å². The standard InChI is InChI=1S/C28H34N2O4S/c1-19-14-20(2)27(21(3)15-19)35(32,33)30-12-10-23(11-13-30)28(31)29(4)18-22-6-7-25-17-26(34-5)9-8-24(25)16-22/h6-9,14-17,23H,10-13,18H2,1-5H3. The van der Waals surface area contributed by atoms with Gasteiger partial charge in [0.15, 0.2) is 0 Å². The molecule has 0 spiro atoms. The quantitative estimate of drug-likeness (QED) is 0.492. The van der Waals surface area contributed by atoms with E-state index in [4.69, 9.17) is 4.74 Å². The predicted octanol–water partition coefficient (Wildman–Crippen LogP) is 4.83. The van der Waals surface area contributed by atoms with Crippen LogP contribution in [0.2, 0.25) is 0 Å². The zero-order chi connectivity index (χ0) is 25.3. The maximum absolute atomic E-state index is 13.4. The van der Waals surface area contributed by atoms with Gasteiger partial charge in [-0.1, -0.05) is 35.9 Å². The summed E-state index contributed by atoms with van der Waals surface area (Å²) >= 11 is 0. The second kappa shape index (κ2) is 9.99. The fourth-order valence-corrected chi connectivity index (χ4v) is 7.09. The Balaban J connectivity index is 1.40. The van der Waals surface area contributed by atoms with E-state index in [1.54, 1.807) is 16.3 Å². The summed E-state index contributed by atoms with van der Waals surface area (Å²) < 4.78 is 33.6. The van der Waals surface area contributed by atoms with Crippen molar-refractivity contribution in [3.05, 3.63) is 70.8 Å². The number of piperidine rings is 1. The molecule has 1 saturated heterocycles. The Hall–Kier alpha value is -2.90. The zero-order valence-electron chi connectivity index (χ0n) is 21.2. The van der Waals surface area contributed by atoms with Crippen molar-refractivity contribution in [2.45, 2.75) is 45.1 Å². The molecule has 0 atom stereocenters. The van der Waals surface area contributed by atoms with Crippen molar-refractivity contribution in [1.29, 1.82) is 0 Å². The van der Waals surface area contributed by atoms with Gasteiger partial charge in [-0.2, -0.15) is 4.31 Å². The van der Waals surface area contributed by atoms with E-state index < -0.39 is 10.0 Å². The van der Waals surface area contributed by atoms with Crippen molar-refractivity contribution in [2.75, 3.05) is 27.2 Å². The van der Waals surface area contributed by atoms with E-state index >= 15 is 0 Å². The molecule has 0 radical (unpaired) electrons. The fraction of sp³-hybridized carbons (Fsp3) is 0.393. The van der Waals surface area contributed by atoms with Crippen LogP contribution in [0.15, 0.2) is 53.4 Å². The van der Waals surface area contributed by atoms with Crippen molar-refractivity contribution in [2.24, 2.45) is 5.92 Å². The Bertz CT molecular complexity index is 1340. The Morgan fingerprint density at radius 3 is 2.20 bits per heavy atom. The number of ether oxygens (including phenoxy) is 1. The molecule has 4 rings (SSSR count). The van der Waals surface area contributed by atoms with Gasteiger partial charge in [-0.05, 0) is 79.3 Å². The van der Waals surface area contributed by atoms with E-state index in [0.717, 1.165) is 38.8 Å². The molecule has 186 valence electrons. The number of benzene rings is 3. The highest BCUT2D eigenvalue weighted by atomic mass is 32.2. The smallest absolute Gasteiger partial charge is 0.243 e. The first-order valence-electron chi connectivity index (χ1n) is 12.0. The van der Waals surface area contributed by atoms with Crippen molar-refractivity contribution in [1.82, 2.24) is 9.21 Å². The normalized spacial score (nSPS) is 15.3. The molecule has 3 aromatic rings. The minimum atomic E-state index is -3.58. The van der Waals surface area contributed by atoms with Crippen LogP contribution in [0, 0.1) is 26.7 Å². The molecule has 6 nitrogen and oxygen atoms in total. The molecule has 1 heterocycles. The molecule has 35 heavy (non-hydrogen) atoms. The number of methoxy groups -OCH3 is 1. The summed E-state index contributed by atoms with van der Waals surface area (Å²) in [4.78, 5) is 15.3. The third kappa shape index (κ3) is 5.21. The van der Waals surface area contributed by atoms with Gasteiger partial charge in [0.25, 0.3) is 0 Å². The van der Waals surface area contributed by atoms with Crippen LogP contribution >= 0.6 is 0 Å². The van der Waals surface area contributed by atoms with Gasteiger partial charge in [0.05, 0.1) is 12.0 Å². The van der Waals surface area contributed by atoms with Gasteiger partial charge < -0.3 is 9.64 Å². The summed E-state index contributed by atoms with van der Waals surface area (Å²) in [6.07, 6.45) is 1.06. The first-order chi connectivity index (χ1) is 16.6. The summed E-state index contributed by atoms with van der Waals surface area (Å²) in [6.45, 7) is 6.90. The predicted molar refractivity (Wildman–Crippen MR) is 139 cm³/mol. The minimum absolute atomic E-state index is 0.0690. The Kier molecular flexibility index (Phi) is 7.20. The van der Waals surface area contributed by atoms with E-state index in [-0.39, 0.29) is 11.8 Å². The molecular weight excluding hydrogens is 460 g/mol. The summed E-state index contributed by atoms with van der Waals surface area (Å²) in [5.74, 6) is 0.717. The van der Waals surface area contributed by atoms with Gasteiger partial charge in [-0.25, -0.2) is 8.42 Å². The second-order valence-corrected chi connectivity index (χ2v) is 11.5. The Labute approximate surface area is 208 Å². The van der Waals surface area contributed by atoms with E-state index in [2.05, 4.69) is 6.07 Å². The molecular formula is C28H34N2O4S. The van der Waals surface area contributed by atoms with Gasteiger partial charge in [0.2, 0.25) is 15.9 Å². The van der Waals surface area contributed by atoms with E-state index in [9.17, 15) is 13.2 Å². The van der Waals surface area contributed by atoms with Crippen LogP contribution in [-0.2, 0) is 21.4 Å². The highest BCUT2D eigenvalue weighted by Crippen LogP contribution is 2.30. The molecule has 0 aliphatic carbocycles. The maximum Gasteiger partial charge on any atom is 0.243 e. The van der Waals surface area contributed by atoms with Crippen molar-refractivity contribution < 1.29 is 17.9 Å². The van der Waals surface area contributed by atoms with E-state index in [1.807, 2.05) is 70.3 Å². The van der Waals surface area contributed by atoms with E-state index in [0.29, 0.717) is 37.4 Å². The fourth-order valence-electron chi connectivity index (χ4n) is 5.21. The van der Waals surface area contributed by atoms with Crippen LogP contribution in [0.25, 0.3) is 10.8 Å². The lowest BCUT2D eigenvalue weighted by molar-refractivity contribution is -0.135. The largest absolute Gasteiger partial charge is 0.497 e. The molecule has 1 aliphatic rings. The second-order valence-electron chi connectivity index (χ2n) is 9.65. The molecule has 7 heteroatoms. The lowest BCUT2D eigenvalue weighted by Crippen LogP contribution is -2.43. The molecule has 0 unspecified atom stereocenters. The van der Waals surface area contributed by atoms with Crippen molar-refractivity contribution in [3.63, 3.8) is 0 Å². The van der Waals surface area contributed by atoms with E-state index in [1.165, 1.54) is 0 Å². The van der Waals surface area contributed by atoms with Crippen LogP contribution in [0.4, 0.5) is 0 Å². The first-order valence-corrected chi connectivity index (χ1v) is 13.4. The monoisotopic (exact) mass is 494 g/mol. The summed E-state index contributed by atoms with van der Waals surface area (Å²) in [5.41, 5.74) is 3.66. The minimum Gasteiger partial charge on any atom is -0.497 e. The average molecular weight is 495 g/mol. The number of rotatable bonds is 6. The van der Waals surface area contributed by atoms with Crippen molar-refractivity contribution >= 4 is 26.7 Å². The average Bonchev–Trinajstić information content (AvgIpc) is 2.82. The molecule has 0 N–H and O–H groups in total. The SMILES string of the molecule is COc1ccc2cc(CN(C)C(=O)C3CCN(S(=O)(=O)c4c(C)cc(C)cc4C)CC3)ccc2c1. The lowest BCUT2D eigenvalue weighted by Gasteiger charge is -2.33. The molecule has 3 aromatic carbocycles. The molecule has 0 aromatic heterocycles. The Morgan fingerprint density at radius 2 is 1.57 bits per heavy atom. The summed E-state index contributed by atoms with van der Waals surface area (Å²) in [7, 11) is -0.109. The maximum atomic E-state index is 13.4.